The number of carbonyl (C=O) groups excluding carboxylic acids is 2. The molecule has 2 fully saturated rings. The summed E-state index contributed by atoms with van der Waals surface area (Å²) in [5, 5.41) is 3.05. The van der Waals surface area contributed by atoms with Gasteiger partial charge in [0.15, 0.2) is 0 Å². The van der Waals surface area contributed by atoms with Crippen molar-refractivity contribution in [2.75, 3.05) is 0 Å². The Morgan fingerprint density at radius 3 is 2.46 bits per heavy atom. The van der Waals surface area contributed by atoms with Crippen LogP contribution in [0.2, 0.25) is 0 Å². The van der Waals surface area contributed by atoms with E-state index in [-0.39, 0.29) is 36.5 Å². The predicted molar refractivity (Wildman–Crippen MR) is 88.7 cm³/mol. The summed E-state index contributed by atoms with van der Waals surface area (Å²) in [4.78, 5) is 24.1. The van der Waals surface area contributed by atoms with Gasteiger partial charge in [0.2, 0.25) is 5.91 Å². The summed E-state index contributed by atoms with van der Waals surface area (Å²) in [7, 11) is 0. The number of nitrogens with two attached hydrogens (primary N) is 1. The van der Waals surface area contributed by atoms with Crippen molar-refractivity contribution in [3.63, 3.8) is 0 Å². The van der Waals surface area contributed by atoms with Crippen LogP contribution < -0.4 is 11.1 Å². The number of ether oxygens (including phenoxy) is 1. The van der Waals surface area contributed by atoms with Gasteiger partial charge in [0.1, 0.15) is 6.61 Å². The van der Waals surface area contributed by atoms with Crippen molar-refractivity contribution < 1.29 is 14.3 Å². The maximum absolute atomic E-state index is 12.2. The molecule has 24 heavy (non-hydrogen) atoms. The zero-order valence-electron chi connectivity index (χ0n) is 13.5. The number of carbonyl (C=O) groups is 2. The Hall–Kier alpha value is -2.30. The number of hydrogen-bond acceptors (Lipinski definition) is 3. The third-order valence-electron chi connectivity index (χ3n) is 5.79. The minimum atomic E-state index is -0.479. The third-order valence-corrected chi connectivity index (χ3v) is 5.79. The van der Waals surface area contributed by atoms with Gasteiger partial charge in [-0.3, -0.25) is 4.79 Å². The molecule has 126 valence electrons. The molecule has 0 spiro atoms. The predicted octanol–water partition coefficient (Wildman–Crippen LogP) is 2.51. The second kappa shape index (κ2) is 5.65. The quantitative estimate of drug-likeness (QED) is 0.834. The first kappa shape index (κ1) is 15.2. The van der Waals surface area contributed by atoms with Crippen molar-refractivity contribution in [3.05, 3.63) is 47.5 Å². The fourth-order valence-corrected chi connectivity index (χ4v) is 4.85. The van der Waals surface area contributed by atoms with Crippen molar-refractivity contribution in [1.82, 2.24) is 5.32 Å². The molecular weight excluding hydrogens is 304 g/mol. The number of allylic oxidation sites excluding steroid dienone is 1. The molecule has 5 heteroatoms. The lowest BCUT2D eigenvalue weighted by Gasteiger charge is -2.54. The number of benzene rings is 1. The fraction of sp³-hybridized carbons (Fsp3) is 0.474. The molecular formula is C19H22N2O3. The van der Waals surface area contributed by atoms with E-state index in [1.54, 1.807) is 0 Å². The summed E-state index contributed by atoms with van der Waals surface area (Å²) in [6.45, 7) is 0.269. The monoisotopic (exact) mass is 326 g/mol. The lowest BCUT2D eigenvalue weighted by Crippen LogP contribution is -2.58. The normalized spacial score (nSPS) is 33.0. The lowest BCUT2D eigenvalue weighted by atomic mass is 9.52. The molecule has 0 aromatic heterocycles. The van der Waals surface area contributed by atoms with Gasteiger partial charge in [-0.05, 0) is 43.1 Å². The molecule has 4 aliphatic carbocycles. The number of alkyl carbamates (subject to hydrolysis) is 1. The molecule has 3 N–H and O–H groups in total. The number of nitrogens with one attached hydrogen (secondary N) is 1. The van der Waals surface area contributed by atoms with E-state index < -0.39 is 5.41 Å². The van der Waals surface area contributed by atoms with Crippen LogP contribution in [0.15, 0.2) is 42.0 Å². The Labute approximate surface area is 141 Å². The van der Waals surface area contributed by atoms with E-state index in [1.807, 2.05) is 30.3 Å². The molecule has 2 unspecified atom stereocenters. The van der Waals surface area contributed by atoms with Crippen LogP contribution in [0.5, 0.6) is 0 Å². The van der Waals surface area contributed by atoms with E-state index in [4.69, 9.17) is 10.5 Å². The second-order valence-electron chi connectivity index (χ2n) is 7.39. The maximum atomic E-state index is 12.2. The molecule has 0 heterocycles. The van der Waals surface area contributed by atoms with Crippen LogP contribution in [-0.4, -0.2) is 18.0 Å². The molecule has 4 atom stereocenters. The van der Waals surface area contributed by atoms with E-state index in [9.17, 15) is 9.59 Å². The highest BCUT2D eigenvalue weighted by molar-refractivity contribution is 5.84. The molecule has 4 aliphatic rings. The first-order chi connectivity index (χ1) is 11.6. The Balaban J connectivity index is 1.39. The molecule has 1 aromatic carbocycles. The zero-order chi connectivity index (χ0) is 16.7. The van der Waals surface area contributed by atoms with Crippen molar-refractivity contribution in [2.24, 2.45) is 23.0 Å². The summed E-state index contributed by atoms with van der Waals surface area (Å²) < 4.78 is 5.35. The fourth-order valence-electron chi connectivity index (χ4n) is 4.85. The first-order valence-corrected chi connectivity index (χ1v) is 8.53. The smallest absolute Gasteiger partial charge is 0.407 e. The summed E-state index contributed by atoms with van der Waals surface area (Å²) >= 11 is 0. The minimum Gasteiger partial charge on any atom is -0.445 e. The van der Waals surface area contributed by atoms with Crippen LogP contribution in [0, 0.1) is 17.3 Å². The minimum absolute atomic E-state index is 0.0817. The lowest BCUT2D eigenvalue weighted by molar-refractivity contribution is -0.130. The Kier molecular flexibility index (Phi) is 3.59. The van der Waals surface area contributed by atoms with Crippen molar-refractivity contribution in [3.8, 4) is 0 Å². The molecule has 4 bridgehead atoms. The van der Waals surface area contributed by atoms with Gasteiger partial charge >= 0.3 is 6.09 Å². The summed E-state index contributed by atoms with van der Waals surface area (Å²) in [6, 6.07) is 9.72. The molecule has 2 amide bonds. The highest BCUT2D eigenvalue weighted by atomic mass is 16.5. The molecule has 5 nitrogen and oxygen atoms in total. The standard InChI is InChI=1S/C19H22N2O3/c20-17(22)19-8-13-6-14(9-19)16(15(7-13)10-19)21-18(23)24-11-12-4-2-1-3-5-12/h1-5,8,14-16H,6-7,9-11H2,(H2,20,22)(H,21,23)/t14-,15+,16?,19?. The van der Waals surface area contributed by atoms with Gasteiger partial charge in [-0.15, -0.1) is 0 Å². The molecule has 0 saturated heterocycles. The van der Waals surface area contributed by atoms with Crippen LogP contribution in [-0.2, 0) is 16.1 Å². The van der Waals surface area contributed by atoms with E-state index in [2.05, 4.69) is 11.4 Å². The third kappa shape index (κ3) is 2.58. The Morgan fingerprint density at radius 1 is 1.17 bits per heavy atom. The largest absolute Gasteiger partial charge is 0.445 e. The Bertz CT molecular complexity index is 680. The summed E-state index contributed by atoms with van der Waals surface area (Å²) in [6.07, 6.45) is 5.12. The summed E-state index contributed by atoms with van der Waals surface area (Å²) in [5.41, 5.74) is 7.47. The van der Waals surface area contributed by atoms with Gasteiger partial charge in [-0.1, -0.05) is 42.0 Å². The highest BCUT2D eigenvalue weighted by Crippen LogP contribution is 2.56. The average molecular weight is 326 g/mol. The first-order valence-electron chi connectivity index (χ1n) is 8.53. The van der Waals surface area contributed by atoms with E-state index in [0.717, 1.165) is 31.2 Å². The van der Waals surface area contributed by atoms with Gasteiger partial charge in [0.05, 0.1) is 5.41 Å². The van der Waals surface area contributed by atoms with Crippen LogP contribution in [0.25, 0.3) is 0 Å². The van der Waals surface area contributed by atoms with Gasteiger partial charge in [0, 0.05) is 6.04 Å². The number of hydrogen-bond donors (Lipinski definition) is 2. The SMILES string of the molecule is NC(=O)C12C=C3C[C@H](C1)C(NC(=O)OCc1ccccc1)[C@@H](C3)C2. The van der Waals surface area contributed by atoms with Crippen molar-refractivity contribution in [1.29, 1.82) is 0 Å². The van der Waals surface area contributed by atoms with Gasteiger partial charge in [0.25, 0.3) is 0 Å². The summed E-state index contributed by atoms with van der Waals surface area (Å²) in [5.74, 6) is 0.350. The molecule has 0 radical (unpaired) electrons. The second-order valence-corrected chi connectivity index (χ2v) is 7.39. The molecule has 1 aromatic rings. The van der Waals surface area contributed by atoms with Crippen molar-refractivity contribution >= 4 is 12.0 Å². The zero-order valence-corrected chi connectivity index (χ0v) is 13.5. The van der Waals surface area contributed by atoms with E-state index >= 15 is 0 Å². The number of amides is 2. The molecule has 5 rings (SSSR count). The Morgan fingerprint density at radius 2 is 1.83 bits per heavy atom. The van der Waals surface area contributed by atoms with Crippen LogP contribution >= 0.6 is 0 Å². The van der Waals surface area contributed by atoms with Crippen molar-refractivity contribution in [2.45, 2.75) is 38.3 Å². The molecule has 2 saturated carbocycles. The number of primary amides is 1. The number of rotatable bonds is 4. The van der Waals surface area contributed by atoms with Gasteiger partial charge < -0.3 is 15.8 Å². The van der Waals surface area contributed by atoms with Gasteiger partial charge in [-0.2, -0.15) is 0 Å². The van der Waals surface area contributed by atoms with Crippen LogP contribution in [0.4, 0.5) is 4.79 Å². The van der Waals surface area contributed by atoms with E-state index in [0.29, 0.717) is 0 Å². The van der Waals surface area contributed by atoms with E-state index in [1.165, 1.54) is 5.57 Å². The average Bonchev–Trinajstić information content (AvgIpc) is 2.56. The van der Waals surface area contributed by atoms with Gasteiger partial charge in [-0.25, -0.2) is 4.79 Å². The molecule has 0 aliphatic heterocycles. The van der Waals surface area contributed by atoms with Crippen LogP contribution in [0.1, 0.15) is 31.2 Å². The maximum Gasteiger partial charge on any atom is 0.407 e. The highest BCUT2D eigenvalue weighted by Gasteiger charge is 2.54. The van der Waals surface area contributed by atoms with Crippen LogP contribution in [0.3, 0.4) is 0 Å². The topological polar surface area (TPSA) is 81.4 Å².